The topological polar surface area (TPSA) is 58.4 Å². The molecule has 0 saturated heterocycles. The van der Waals surface area contributed by atoms with Gasteiger partial charge in [0.05, 0.1) is 4.92 Å². The van der Waals surface area contributed by atoms with Gasteiger partial charge in [-0.3, -0.25) is 10.1 Å². The number of nitrogens with one attached hydrogen (secondary N) is 1. The van der Waals surface area contributed by atoms with Gasteiger partial charge < -0.3 is 10.2 Å². The van der Waals surface area contributed by atoms with Crippen LogP contribution in [0.15, 0.2) is 24.3 Å². The molecular formula is C28H51N3O2. The van der Waals surface area contributed by atoms with Crippen molar-refractivity contribution in [2.45, 2.75) is 122 Å². The molecule has 0 spiro atoms. The zero-order chi connectivity index (χ0) is 24.2. The molecule has 1 rings (SSSR count). The fraction of sp³-hybridized carbons (Fsp3) is 0.786. The molecule has 1 atom stereocenters. The predicted molar refractivity (Wildman–Crippen MR) is 143 cm³/mol. The van der Waals surface area contributed by atoms with Gasteiger partial charge in [-0.05, 0) is 39.1 Å². The second-order valence-corrected chi connectivity index (χ2v) is 9.88. The monoisotopic (exact) mass is 461 g/mol. The first-order chi connectivity index (χ1) is 16.0. The van der Waals surface area contributed by atoms with E-state index in [4.69, 9.17) is 0 Å². The third kappa shape index (κ3) is 15.8. The van der Waals surface area contributed by atoms with Crippen molar-refractivity contribution >= 4 is 11.4 Å². The molecule has 0 radical (unpaired) electrons. The van der Waals surface area contributed by atoms with Gasteiger partial charge in [-0.15, -0.1) is 0 Å². The molecule has 1 unspecified atom stereocenters. The van der Waals surface area contributed by atoms with Gasteiger partial charge in [0.15, 0.2) is 0 Å². The number of nitro benzene ring substituents is 1. The van der Waals surface area contributed by atoms with Crippen LogP contribution in [0.3, 0.4) is 0 Å². The van der Waals surface area contributed by atoms with Crippen LogP contribution in [0.2, 0.25) is 0 Å². The third-order valence-electron chi connectivity index (χ3n) is 6.76. The van der Waals surface area contributed by atoms with Crippen molar-refractivity contribution < 1.29 is 4.92 Å². The Bertz CT molecular complexity index is 589. The molecule has 5 nitrogen and oxygen atoms in total. The van der Waals surface area contributed by atoms with E-state index in [1.165, 1.54) is 103 Å². The summed E-state index contributed by atoms with van der Waals surface area (Å²) in [7, 11) is 4.34. The van der Waals surface area contributed by atoms with Crippen molar-refractivity contribution in [1.29, 1.82) is 0 Å². The van der Waals surface area contributed by atoms with E-state index in [9.17, 15) is 10.1 Å². The van der Waals surface area contributed by atoms with Crippen molar-refractivity contribution in [1.82, 2.24) is 4.90 Å². The summed E-state index contributed by atoms with van der Waals surface area (Å²) in [6, 6.07) is 7.27. The first kappa shape index (κ1) is 29.4. The fourth-order valence-corrected chi connectivity index (χ4v) is 4.50. The molecule has 0 amide bonds. The van der Waals surface area contributed by atoms with Crippen molar-refractivity contribution in [3.63, 3.8) is 0 Å². The van der Waals surface area contributed by atoms with Gasteiger partial charge in [0.25, 0.3) is 5.69 Å². The lowest BCUT2D eigenvalue weighted by atomic mass is 10.0. The van der Waals surface area contributed by atoms with Crippen molar-refractivity contribution in [3.8, 4) is 0 Å². The molecular weight excluding hydrogens is 410 g/mol. The van der Waals surface area contributed by atoms with Crippen LogP contribution in [0.5, 0.6) is 0 Å². The van der Waals surface area contributed by atoms with E-state index >= 15 is 0 Å². The Labute approximate surface area is 203 Å². The van der Waals surface area contributed by atoms with Crippen LogP contribution in [0.4, 0.5) is 11.4 Å². The van der Waals surface area contributed by atoms with Gasteiger partial charge in [0.2, 0.25) is 0 Å². The highest BCUT2D eigenvalue weighted by Gasteiger charge is 2.11. The van der Waals surface area contributed by atoms with Crippen molar-refractivity contribution in [2.24, 2.45) is 0 Å². The van der Waals surface area contributed by atoms with E-state index in [-0.39, 0.29) is 10.6 Å². The number of unbranched alkanes of at least 4 members (excludes halogenated alkanes) is 14. The zero-order valence-corrected chi connectivity index (χ0v) is 21.8. The maximum absolute atomic E-state index is 10.8. The minimum atomic E-state index is -0.358. The summed E-state index contributed by atoms with van der Waals surface area (Å²) in [5.41, 5.74) is 1.09. The number of hydrogen-bond acceptors (Lipinski definition) is 4. The smallest absolute Gasteiger partial charge is 0.269 e. The van der Waals surface area contributed by atoms with Gasteiger partial charge >= 0.3 is 0 Å². The molecule has 0 aromatic heterocycles. The normalized spacial score (nSPS) is 12.2. The van der Waals surface area contributed by atoms with Crippen LogP contribution in [0, 0.1) is 10.1 Å². The van der Waals surface area contributed by atoms with Gasteiger partial charge in [0, 0.05) is 30.4 Å². The Hall–Kier alpha value is -1.62. The van der Waals surface area contributed by atoms with Gasteiger partial charge in [-0.1, -0.05) is 103 Å². The molecule has 1 N–H and O–H groups in total. The highest BCUT2D eigenvalue weighted by atomic mass is 16.6. The third-order valence-corrected chi connectivity index (χ3v) is 6.76. The molecule has 0 aliphatic rings. The SMILES string of the molecule is CCCCCCCCCCCCCCCCCC(CCNc1ccc([N+](=O)[O-])cc1)N(C)C. The molecule has 1 aromatic rings. The summed E-state index contributed by atoms with van der Waals surface area (Å²) >= 11 is 0. The molecule has 0 heterocycles. The van der Waals surface area contributed by atoms with Crippen LogP contribution >= 0.6 is 0 Å². The zero-order valence-electron chi connectivity index (χ0n) is 21.8. The van der Waals surface area contributed by atoms with Gasteiger partial charge in [-0.2, -0.15) is 0 Å². The standard InChI is InChI=1S/C28H51N3O2/c1-4-5-6-7-8-9-10-11-12-13-14-15-16-17-18-19-27(30(2)3)24-25-29-26-20-22-28(23-21-26)31(32)33/h20-23,27,29H,4-19,24-25H2,1-3H3. The molecule has 0 fully saturated rings. The summed E-state index contributed by atoms with van der Waals surface area (Å²) in [6.45, 7) is 3.17. The molecule has 190 valence electrons. The van der Waals surface area contributed by atoms with E-state index in [1.54, 1.807) is 24.3 Å². The molecule has 1 aromatic carbocycles. The minimum Gasteiger partial charge on any atom is -0.385 e. The fourth-order valence-electron chi connectivity index (χ4n) is 4.50. The maximum Gasteiger partial charge on any atom is 0.269 e. The Morgan fingerprint density at radius 1 is 0.758 bits per heavy atom. The average Bonchev–Trinajstić information content (AvgIpc) is 2.80. The van der Waals surface area contributed by atoms with E-state index in [0.717, 1.165) is 18.7 Å². The highest BCUT2D eigenvalue weighted by molar-refractivity contribution is 5.48. The Morgan fingerprint density at radius 2 is 1.21 bits per heavy atom. The molecule has 5 heteroatoms. The summed E-state index contributed by atoms with van der Waals surface area (Å²) in [5.74, 6) is 0. The molecule has 0 aliphatic carbocycles. The van der Waals surface area contributed by atoms with Crippen LogP contribution in [-0.4, -0.2) is 36.5 Å². The van der Waals surface area contributed by atoms with Crippen LogP contribution in [-0.2, 0) is 0 Å². The lowest BCUT2D eigenvalue weighted by Crippen LogP contribution is -2.30. The highest BCUT2D eigenvalue weighted by Crippen LogP contribution is 2.18. The van der Waals surface area contributed by atoms with Gasteiger partial charge in [0.1, 0.15) is 0 Å². The number of anilines is 1. The second-order valence-electron chi connectivity index (χ2n) is 9.88. The minimum absolute atomic E-state index is 0.139. The quantitative estimate of drug-likeness (QED) is 0.107. The first-order valence-corrected chi connectivity index (χ1v) is 13.7. The van der Waals surface area contributed by atoms with E-state index in [1.807, 2.05) is 0 Å². The maximum atomic E-state index is 10.8. The van der Waals surface area contributed by atoms with Crippen molar-refractivity contribution in [2.75, 3.05) is 26.0 Å². The summed E-state index contributed by atoms with van der Waals surface area (Å²) in [4.78, 5) is 12.7. The van der Waals surface area contributed by atoms with Crippen LogP contribution in [0.1, 0.15) is 116 Å². The number of benzene rings is 1. The second kappa shape index (κ2) is 19.8. The molecule has 0 aliphatic heterocycles. The summed E-state index contributed by atoms with van der Waals surface area (Å²) < 4.78 is 0. The Morgan fingerprint density at radius 3 is 1.64 bits per heavy atom. The first-order valence-electron chi connectivity index (χ1n) is 13.7. The van der Waals surface area contributed by atoms with Crippen LogP contribution < -0.4 is 5.32 Å². The van der Waals surface area contributed by atoms with E-state index in [2.05, 4.69) is 31.2 Å². The number of hydrogen-bond donors (Lipinski definition) is 1. The van der Waals surface area contributed by atoms with Crippen molar-refractivity contribution in [3.05, 3.63) is 34.4 Å². The molecule has 0 saturated carbocycles. The van der Waals surface area contributed by atoms with Gasteiger partial charge in [-0.25, -0.2) is 0 Å². The number of non-ortho nitro benzene ring substituents is 1. The Balaban J connectivity index is 1.98. The van der Waals surface area contributed by atoms with E-state index in [0.29, 0.717) is 6.04 Å². The number of rotatable bonds is 22. The molecule has 0 bridgehead atoms. The predicted octanol–water partition coefficient (Wildman–Crippen LogP) is 8.59. The molecule has 33 heavy (non-hydrogen) atoms. The average molecular weight is 462 g/mol. The van der Waals surface area contributed by atoms with Crippen LogP contribution in [0.25, 0.3) is 0 Å². The lowest BCUT2D eigenvalue weighted by molar-refractivity contribution is -0.384. The lowest BCUT2D eigenvalue weighted by Gasteiger charge is -2.24. The Kier molecular flexibility index (Phi) is 17.7. The number of nitro groups is 1. The number of nitrogens with zero attached hydrogens (tertiary/aromatic N) is 2. The largest absolute Gasteiger partial charge is 0.385 e. The van der Waals surface area contributed by atoms with E-state index < -0.39 is 0 Å². The summed E-state index contributed by atoms with van der Waals surface area (Å²) in [5, 5.41) is 14.2. The summed E-state index contributed by atoms with van der Waals surface area (Å²) in [6.07, 6.45) is 23.4.